The number of hydrogen-bond acceptors (Lipinski definition) is 4. The highest BCUT2D eigenvalue weighted by Gasteiger charge is 2.31. The second-order valence-corrected chi connectivity index (χ2v) is 5.19. The van der Waals surface area contributed by atoms with Crippen LogP contribution in [-0.2, 0) is 16.9 Å². The van der Waals surface area contributed by atoms with Gasteiger partial charge in [-0.05, 0) is 24.1 Å². The van der Waals surface area contributed by atoms with E-state index in [4.69, 9.17) is 4.74 Å². The van der Waals surface area contributed by atoms with Gasteiger partial charge in [0.15, 0.2) is 0 Å². The lowest BCUT2D eigenvalue weighted by Gasteiger charge is -2.27. The SMILES string of the molecule is Cc1ccc(C(O)(CO)COCc2ccccc2)c(O)c1. The minimum Gasteiger partial charge on any atom is -0.508 e. The Bertz CT molecular complexity index is 583. The number of benzene rings is 2. The van der Waals surface area contributed by atoms with E-state index in [2.05, 4.69) is 0 Å². The summed E-state index contributed by atoms with van der Waals surface area (Å²) in [5.74, 6) is -0.0464. The van der Waals surface area contributed by atoms with Gasteiger partial charge in [0.25, 0.3) is 0 Å². The Labute approximate surface area is 124 Å². The predicted molar refractivity (Wildman–Crippen MR) is 79.9 cm³/mol. The van der Waals surface area contributed by atoms with Crippen LogP contribution in [0.15, 0.2) is 48.5 Å². The van der Waals surface area contributed by atoms with Gasteiger partial charge in [-0.3, -0.25) is 0 Å². The fraction of sp³-hybridized carbons (Fsp3) is 0.294. The van der Waals surface area contributed by atoms with Gasteiger partial charge in [-0.1, -0.05) is 42.5 Å². The average Bonchev–Trinajstić information content (AvgIpc) is 2.48. The van der Waals surface area contributed by atoms with Crippen molar-refractivity contribution in [1.29, 1.82) is 0 Å². The molecule has 2 aromatic carbocycles. The summed E-state index contributed by atoms with van der Waals surface area (Å²) in [7, 11) is 0. The smallest absolute Gasteiger partial charge is 0.139 e. The highest BCUT2D eigenvalue weighted by molar-refractivity contribution is 5.40. The molecule has 0 saturated carbocycles. The lowest BCUT2D eigenvalue weighted by atomic mass is 9.93. The van der Waals surface area contributed by atoms with Crippen molar-refractivity contribution in [2.24, 2.45) is 0 Å². The number of aryl methyl sites for hydroxylation is 1. The van der Waals surface area contributed by atoms with E-state index in [1.165, 1.54) is 0 Å². The summed E-state index contributed by atoms with van der Waals surface area (Å²) >= 11 is 0. The molecule has 0 aliphatic rings. The van der Waals surface area contributed by atoms with Gasteiger partial charge in [-0.25, -0.2) is 0 Å². The van der Waals surface area contributed by atoms with Crippen LogP contribution < -0.4 is 0 Å². The molecule has 0 spiro atoms. The second-order valence-electron chi connectivity index (χ2n) is 5.19. The number of hydrogen-bond donors (Lipinski definition) is 3. The lowest BCUT2D eigenvalue weighted by molar-refractivity contribution is -0.0880. The number of rotatable bonds is 6. The van der Waals surface area contributed by atoms with Crippen LogP contribution >= 0.6 is 0 Å². The van der Waals surface area contributed by atoms with E-state index in [-0.39, 0.29) is 17.9 Å². The molecule has 0 amide bonds. The van der Waals surface area contributed by atoms with Crippen LogP contribution in [-0.4, -0.2) is 28.5 Å². The van der Waals surface area contributed by atoms with Crippen molar-refractivity contribution < 1.29 is 20.1 Å². The molecule has 112 valence electrons. The van der Waals surface area contributed by atoms with E-state index < -0.39 is 12.2 Å². The maximum absolute atomic E-state index is 10.5. The van der Waals surface area contributed by atoms with Crippen LogP contribution in [0.3, 0.4) is 0 Å². The van der Waals surface area contributed by atoms with Crippen molar-refractivity contribution in [3.63, 3.8) is 0 Å². The molecule has 0 radical (unpaired) electrons. The first-order valence-electron chi connectivity index (χ1n) is 6.80. The highest BCUT2D eigenvalue weighted by atomic mass is 16.5. The summed E-state index contributed by atoms with van der Waals surface area (Å²) in [6.45, 7) is 1.54. The third-order valence-electron chi connectivity index (χ3n) is 3.37. The predicted octanol–water partition coefficient (Wildman–Crippen LogP) is 2.10. The van der Waals surface area contributed by atoms with Gasteiger partial charge in [-0.2, -0.15) is 0 Å². The molecule has 0 fully saturated rings. The third kappa shape index (κ3) is 3.82. The van der Waals surface area contributed by atoms with Crippen molar-refractivity contribution >= 4 is 0 Å². The molecule has 1 unspecified atom stereocenters. The molecule has 0 aromatic heterocycles. The molecular weight excluding hydrogens is 268 g/mol. The zero-order valence-electron chi connectivity index (χ0n) is 12.0. The zero-order valence-corrected chi connectivity index (χ0v) is 12.0. The van der Waals surface area contributed by atoms with E-state index in [0.29, 0.717) is 6.61 Å². The molecule has 4 heteroatoms. The summed E-state index contributed by atoms with van der Waals surface area (Å²) in [5.41, 5.74) is 0.503. The monoisotopic (exact) mass is 288 g/mol. The Balaban J connectivity index is 2.07. The summed E-state index contributed by atoms with van der Waals surface area (Å²) in [4.78, 5) is 0. The van der Waals surface area contributed by atoms with Crippen molar-refractivity contribution in [3.05, 3.63) is 65.2 Å². The van der Waals surface area contributed by atoms with E-state index in [9.17, 15) is 15.3 Å². The average molecular weight is 288 g/mol. The fourth-order valence-electron chi connectivity index (χ4n) is 2.16. The van der Waals surface area contributed by atoms with Crippen LogP contribution in [0.2, 0.25) is 0 Å². The largest absolute Gasteiger partial charge is 0.508 e. The van der Waals surface area contributed by atoms with Gasteiger partial charge in [0, 0.05) is 5.56 Å². The molecule has 4 nitrogen and oxygen atoms in total. The van der Waals surface area contributed by atoms with E-state index in [1.807, 2.05) is 37.3 Å². The number of aliphatic hydroxyl groups excluding tert-OH is 1. The molecule has 2 rings (SSSR count). The summed E-state index contributed by atoms with van der Waals surface area (Å²) < 4.78 is 5.49. The molecule has 21 heavy (non-hydrogen) atoms. The van der Waals surface area contributed by atoms with Crippen LogP contribution in [0, 0.1) is 6.92 Å². The zero-order chi connectivity index (χ0) is 15.3. The van der Waals surface area contributed by atoms with Crippen LogP contribution in [0.1, 0.15) is 16.7 Å². The maximum atomic E-state index is 10.5. The molecule has 3 N–H and O–H groups in total. The summed E-state index contributed by atoms with van der Waals surface area (Å²) in [6, 6.07) is 14.5. The van der Waals surface area contributed by atoms with E-state index in [0.717, 1.165) is 11.1 Å². The molecule has 0 aliphatic carbocycles. The first kappa shape index (κ1) is 15.5. The van der Waals surface area contributed by atoms with Crippen LogP contribution in [0.4, 0.5) is 0 Å². The molecule has 2 aromatic rings. The summed E-state index contributed by atoms with van der Waals surface area (Å²) in [6.07, 6.45) is 0. The van der Waals surface area contributed by atoms with Gasteiger partial charge in [0.1, 0.15) is 11.4 Å². The van der Waals surface area contributed by atoms with E-state index in [1.54, 1.807) is 18.2 Å². The number of phenolic OH excluding ortho intramolecular Hbond substituents is 1. The lowest BCUT2D eigenvalue weighted by Crippen LogP contribution is -2.35. The van der Waals surface area contributed by atoms with Gasteiger partial charge in [-0.15, -0.1) is 0 Å². The Morgan fingerprint density at radius 1 is 1.10 bits per heavy atom. The van der Waals surface area contributed by atoms with Gasteiger partial charge in [0.2, 0.25) is 0 Å². The number of aromatic hydroxyl groups is 1. The van der Waals surface area contributed by atoms with Gasteiger partial charge in [0.05, 0.1) is 19.8 Å². The molecule has 1 atom stereocenters. The van der Waals surface area contributed by atoms with Gasteiger partial charge < -0.3 is 20.1 Å². The Morgan fingerprint density at radius 3 is 2.43 bits per heavy atom. The van der Waals surface area contributed by atoms with Crippen LogP contribution in [0.5, 0.6) is 5.75 Å². The van der Waals surface area contributed by atoms with Crippen molar-refractivity contribution in [1.82, 2.24) is 0 Å². The maximum Gasteiger partial charge on any atom is 0.139 e. The normalized spacial score (nSPS) is 13.9. The third-order valence-corrected chi connectivity index (χ3v) is 3.37. The minimum atomic E-state index is -1.62. The molecule has 0 heterocycles. The number of ether oxygens (including phenoxy) is 1. The second kappa shape index (κ2) is 6.72. The quantitative estimate of drug-likeness (QED) is 0.761. The van der Waals surface area contributed by atoms with E-state index >= 15 is 0 Å². The fourth-order valence-corrected chi connectivity index (χ4v) is 2.16. The number of aliphatic hydroxyl groups is 2. The van der Waals surface area contributed by atoms with Crippen LogP contribution in [0.25, 0.3) is 0 Å². The first-order chi connectivity index (χ1) is 10.0. The highest BCUT2D eigenvalue weighted by Crippen LogP contribution is 2.30. The standard InChI is InChI=1S/C17H20O4/c1-13-7-8-15(16(19)9-13)17(20,11-18)12-21-10-14-5-3-2-4-6-14/h2-9,18-20H,10-12H2,1H3. The van der Waals surface area contributed by atoms with Crippen molar-refractivity contribution in [3.8, 4) is 5.75 Å². The molecular formula is C17H20O4. The van der Waals surface area contributed by atoms with Crippen molar-refractivity contribution in [2.45, 2.75) is 19.1 Å². The Kier molecular flexibility index (Phi) is 4.96. The Morgan fingerprint density at radius 2 is 1.81 bits per heavy atom. The molecule has 0 bridgehead atoms. The molecule has 0 saturated heterocycles. The molecule has 0 aliphatic heterocycles. The number of phenols is 1. The Hall–Kier alpha value is -1.88. The first-order valence-corrected chi connectivity index (χ1v) is 6.80. The van der Waals surface area contributed by atoms with Gasteiger partial charge >= 0.3 is 0 Å². The topological polar surface area (TPSA) is 69.9 Å². The minimum absolute atomic E-state index is 0.0464. The summed E-state index contributed by atoms with van der Waals surface area (Å²) in [5, 5.41) is 29.9. The van der Waals surface area contributed by atoms with Crippen molar-refractivity contribution in [2.75, 3.05) is 13.2 Å².